The molecule has 2 saturated carbocycles. The van der Waals surface area contributed by atoms with Gasteiger partial charge in [0, 0.05) is 12.0 Å². The fourth-order valence-corrected chi connectivity index (χ4v) is 3.01. The number of hydrogen-bond acceptors (Lipinski definition) is 4. The van der Waals surface area contributed by atoms with Crippen molar-refractivity contribution >= 4 is 11.1 Å². The van der Waals surface area contributed by atoms with E-state index in [4.69, 9.17) is 9.15 Å². The van der Waals surface area contributed by atoms with Crippen molar-refractivity contribution in [2.24, 2.45) is 5.92 Å². The Morgan fingerprint density at radius 1 is 1.14 bits per heavy atom. The summed E-state index contributed by atoms with van der Waals surface area (Å²) in [6, 6.07) is 5.90. The molecule has 0 unspecified atom stereocenters. The number of rotatable bonds is 4. The summed E-state index contributed by atoms with van der Waals surface area (Å²) < 4.78 is 11.7. The molecule has 2 aromatic rings. The lowest BCUT2D eigenvalue weighted by molar-refractivity contribution is 0.118. The molecule has 1 N–H and O–H groups in total. The normalized spacial score (nSPS) is 26.1. The number of oxazole rings is 1. The molecule has 2 aliphatic rings. The topological polar surface area (TPSA) is 55.5 Å². The number of ether oxygens (including phenoxy) is 1. The first-order chi connectivity index (χ1) is 10.3. The Bertz CT molecular complexity index is 624. The van der Waals surface area contributed by atoms with E-state index >= 15 is 0 Å². The summed E-state index contributed by atoms with van der Waals surface area (Å²) in [6.07, 6.45) is 6.05. The van der Waals surface area contributed by atoms with Gasteiger partial charge in [-0.2, -0.15) is 0 Å². The molecule has 1 heterocycles. The lowest BCUT2D eigenvalue weighted by atomic mass is 9.87. The number of aromatic nitrogens is 1. The van der Waals surface area contributed by atoms with E-state index in [0.717, 1.165) is 60.9 Å². The van der Waals surface area contributed by atoms with Crippen molar-refractivity contribution in [3.63, 3.8) is 0 Å². The number of benzene rings is 1. The molecule has 112 valence electrons. The van der Waals surface area contributed by atoms with Gasteiger partial charge >= 0.3 is 0 Å². The van der Waals surface area contributed by atoms with Crippen LogP contribution in [0.5, 0.6) is 5.75 Å². The van der Waals surface area contributed by atoms with Crippen LogP contribution in [-0.2, 0) is 0 Å². The minimum Gasteiger partial charge on any atom is -0.493 e. The summed E-state index contributed by atoms with van der Waals surface area (Å²) >= 11 is 0. The second kappa shape index (κ2) is 5.34. The molecule has 2 aliphatic carbocycles. The second-order valence-corrected chi connectivity index (χ2v) is 6.44. The summed E-state index contributed by atoms with van der Waals surface area (Å²) in [5.41, 5.74) is 1.71. The molecule has 4 nitrogen and oxygen atoms in total. The van der Waals surface area contributed by atoms with E-state index in [1.807, 2.05) is 18.2 Å². The van der Waals surface area contributed by atoms with E-state index in [1.165, 1.54) is 12.8 Å². The molecule has 21 heavy (non-hydrogen) atoms. The van der Waals surface area contributed by atoms with Crippen molar-refractivity contribution in [2.75, 3.05) is 6.61 Å². The highest BCUT2D eigenvalue weighted by atomic mass is 16.5. The highest BCUT2D eigenvalue weighted by molar-refractivity contribution is 5.74. The molecule has 0 saturated heterocycles. The van der Waals surface area contributed by atoms with Gasteiger partial charge in [-0.1, -0.05) is 0 Å². The average Bonchev–Trinajstić information content (AvgIpc) is 3.23. The molecule has 1 aromatic carbocycles. The van der Waals surface area contributed by atoms with Crippen molar-refractivity contribution in [2.45, 2.75) is 50.5 Å². The Morgan fingerprint density at radius 2 is 1.95 bits per heavy atom. The van der Waals surface area contributed by atoms with Gasteiger partial charge < -0.3 is 14.3 Å². The van der Waals surface area contributed by atoms with Crippen molar-refractivity contribution in [1.29, 1.82) is 0 Å². The van der Waals surface area contributed by atoms with Crippen molar-refractivity contribution in [3.05, 3.63) is 24.1 Å². The third kappa shape index (κ3) is 2.91. The predicted octanol–water partition coefficient (Wildman–Crippen LogP) is 3.64. The van der Waals surface area contributed by atoms with Crippen LogP contribution >= 0.6 is 0 Å². The van der Waals surface area contributed by atoms with Crippen molar-refractivity contribution < 1.29 is 14.3 Å². The van der Waals surface area contributed by atoms with Crippen molar-refractivity contribution in [3.8, 4) is 5.75 Å². The highest BCUT2D eigenvalue weighted by Crippen LogP contribution is 2.35. The Balaban J connectivity index is 1.51. The molecule has 0 spiro atoms. The average molecular weight is 287 g/mol. The van der Waals surface area contributed by atoms with Gasteiger partial charge in [0.15, 0.2) is 11.5 Å². The Kier molecular flexibility index (Phi) is 3.34. The standard InChI is InChI=1S/C17H21NO3/c19-13-5-3-12(4-6-13)17-18-15-8-7-14(9-16(15)21-17)20-10-11-1-2-11/h7-9,11-13,19H,1-6,10H2. The van der Waals surface area contributed by atoms with Crippen LogP contribution < -0.4 is 4.74 Å². The predicted molar refractivity (Wildman–Crippen MR) is 79.4 cm³/mol. The molecule has 0 amide bonds. The summed E-state index contributed by atoms with van der Waals surface area (Å²) in [5.74, 6) is 2.78. The summed E-state index contributed by atoms with van der Waals surface area (Å²) in [6.45, 7) is 0.813. The second-order valence-electron chi connectivity index (χ2n) is 6.44. The smallest absolute Gasteiger partial charge is 0.198 e. The van der Waals surface area contributed by atoms with Gasteiger partial charge in [-0.15, -0.1) is 0 Å². The number of hydrogen-bond donors (Lipinski definition) is 1. The molecule has 1 aromatic heterocycles. The Labute approximate surface area is 124 Å². The van der Waals surface area contributed by atoms with Gasteiger partial charge in [-0.3, -0.25) is 0 Å². The third-order valence-corrected chi connectivity index (χ3v) is 4.61. The molecule has 0 bridgehead atoms. The van der Waals surface area contributed by atoms with E-state index in [0.29, 0.717) is 5.92 Å². The maximum atomic E-state index is 9.59. The van der Waals surface area contributed by atoms with Crippen LogP contribution in [0.2, 0.25) is 0 Å². The zero-order chi connectivity index (χ0) is 14.2. The maximum Gasteiger partial charge on any atom is 0.198 e. The summed E-state index contributed by atoms with van der Waals surface area (Å²) in [5, 5.41) is 9.59. The first kappa shape index (κ1) is 13.1. The summed E-state index contributed by atoms with van der Waals surface area (Å²) in [7, 11) is 0. The van der Waals surface area contributed by atoms with Gasteiger partial charge in [0.2, 0.25) is 0 Å². The molecular weight excluding hydrogens is 266 g/mol. The van der Waals surface area contributed by atoms with Crippen LogP contribution in [0.4, 0.5) is 0 Å². The zero-order valence-corrected chi connectivity index (χ0v) is 12.1. The maximum absolute atomic E-state index is 9.59. The fourth-order valence-electron chi connectivity index (χ4n) is 3.01. The molecular formula is C17H21NO3. The fraction of sp³-hybridized carbons (Fsp3) is 0.588. The van der Waals surface area contributed by atoms with Crippen molar-refractivity contribution in [1.82, 2.24) is 4.98 Å². The monoisotopic (exact) mass is 287 g/mol. The molecule has 0 radical (unpaired) electrons. The number of nitrogens with zero attached hydrogens (tertiary/aromatic N) is 1. The minimum absolute atomic E-state index is 0.145. The molecule has 2 fully saturated rings. The third-order valence-electron chi connectivity index (χ3n) is 4.61. The van der Waals surface area contributed by atoms with E-state index in [1.54, 1.807) is 0 Å². The first-order valence-corrected chi connectivity index (χ1v) is 7.99. The molecule has 0 aliphatic heterocycles. The van der Waals surface area contributed by atoms with Gasteiger partial charge in [0.25, 0.3) is 0 Å². The van der Waals surface area contributed by atoms with Crippen LogP contribution in [0.3, 0.4) is 0 Å². The van der Waals surface area contributed by atoms with E-state index in [9.17, 15) is 5.11 Å². The van der Waals surface area contributed by atoms with Gasteiger partial charge in [0.1, 0.15) is 11.3 Å². The van der Waals surface area contributed by atoms with Crippen LogP contribution in [0.1, 0.15) is 50.3 Å². The van der Waals surface area contributed by atoms with E-state index < -0.39 is 0 Å². The number of aliphatic hydroxyl groups is 1. The SMILES string of the molecule is OC1CCC(c2nc3ccc(OCC4CC4)cc3o2)CC1. The molecule has 4 heteroatoms. The number of fused-ring (bicyclic) bond motifs is 1. The number of aliphatic hydroxyl groups excluding tert-OH is 1. The van der Waals surface area contributed by atoms with Crippen LogP contribution in [0.15, 0.2) is 22.6 Å². The van der Waals surface area contributed by atoms with E-state index in [2.05, 4.69) is 4.98 Å². The lowest BCUT2D eigenvalue weighted by Gasteiger charge is -2.22. The quantitative estimate of drug-likeness (QED) is 0.933. The first-order valence-electron chi connectivity index (χ1n) is 7.99. The molecule has 4 rings (SSSR count). The van der Waals surface area contributed by atoms with Crippen LogP contribution in [-0.4, -0.2) is 22.8 Å². The van der Waals surface area contributed by atoms with Gasteiger partial charge in [-0.05, 0) is 56.6 Å². The Hall–Kier alpha value is -1.55. The van der Waals surface area contributed by atoms with Crippen LogP contribution in [0, 0.1) is 5.92 Å². The minimum atomic E-state index is -0.145. The van der Waals surface area contributed by atoms with E-state index in [-0.39, 0.29) is 6.10 Å². The zero-order valence-electron chi connectivity index (χ0n) is 12.1. The lowest BCUT2D eigenvalue weighted by Crippen LogP contribution is -2.17. The van der Waals surface area contributed by atoms with Crippen LogP contribution in [0.25, 0.3) is 11.1 Å². The summed E-state index contributed by atoms with van der Waals surface area (Å²) in [4.78, 5) is 4.61. The highest BCUT2D eigenvalue weighted by Gasteiger charge is 2.25. The molecule has 0 atom stereocenters. The van der Waals surface area contributed by atoms with Gasteiger partial charge in [0.05, 0.1) is 12.7 Å². The largest absolute Gasteiger partial charge is 0.493 e. The van der Waals surface area contributed by atoms with Gasteiger partial charge in [-0.25, -0.2) is 4.98 Å². The Morgan fingerprint density at radius 3 is 2.71 bits per heavy atom.